The average Bonchev–Trinajstić information content (AvgIpc) is 2.55. The number of amides is 1. The summed E-state index contributed by atoms with van der Waals surface area (Å²) >= 11 is 0. The van der Waals surface area contributed by atoms with E-state index in [0.29, 0.717) is 11.5 Å². The zero-order valence-corrected chi connectivity index (χ0v) is 13.1. The number of aryl methyl sites for hydroxylation is 1. The first kappa shape index (κ1) is 15.0. The Morgan fingerprint density at radius 1 is 1.36 bits per heavy atom. The SMILES string of the molecule is Cc1ccc2cccc(C(=O)NCCC3CCCNC3)c2n1. The number of nitrogens with zero attached hydrogens (tertiary/aromatic N) is 1. The van der Waals surface area contributed by atoms with Gasteiger partial charge in [-0.05, 0) is 57.3 Å². The number of benzene rings is 1. The number of nitrogens with one attached hydrogen (secondary N) is 2. The maximum atomic E-state index is 12.4. The molecule has 1 saturated heterocycles. The molecule has 0 saturated carbocycles. The Balaban J connectivity index is 1.65. The lowest BCUT2D eigenvalue weighted by Crippen LogP contribution is -2.33. The maximum absolute atomic E-state index is 12.4. The van der Waals surface area contributed by atoms with Gasteiger partial charge in [0.2, 0.25) is 0 Å². The highest BCUT2D eigenvalue weighted by Gasteiger charge is 2.14. The highest BCUT2D eigenvalue weighted by molar-refractivity contribution is 6.05. The summed E-state index contributed by atoms with van der Waals surface area (Å²) < 4.78 is 0. The van der Waals surface area contributed by atoms with E-state index in [1.165, 1.54) is 12.8 Å². The Hall–Kier alpha value is -1.94. The van der Waals surface area contributed by atoms with E-state index in [1.54, 1.807) is 0 Å². The second-order valence-corrected chi connectivity index (χ2v) is 6.09. The minimum atomic E-state index is -0.0209. The van der Waals surface area contributed by atoms with Crippen LogP contribution < -0.4 is 10.6 Å². The fourth-order valence-electron chi connectivity index (χ4n) is 3.08. The first-order valence-corrected chi connectivity index (χ1v) is 8.09. The fourth-order valence-corrected chi connectivity index (χ4v) is 3.08. The van der Waals surface area contributed by atoms with Gasteiger partial charge in [0.1, 0.15) is 0 Å². The van der Waals surface area contributed by atoms with Crippen molar-refractivity contribution >= 4 is 16.8 Å². The summed E-state index contributed by atoms with van der Waals surface area (Å²) in [5, 5.41) is 7.47. The van der Waals surface area contributed by atoms with Crippen LogP contribution in [-0.4, -0.2) is 30.5 Å². The molecular weight excluding hydrogens is 274 g/mol. The fraction of sp³-hybridized carbons (Fsp3) is 0.444. The molecule has 1 unspecified atom stereocenters. The van der Waals surface area contributed by atoms with Crippen LogP contribution in [0, 0.1) is 12.8 Å². The number of para-hydroxylation sites is 1. The summed E-state index contributed by atoms with van der Waals surface area (Å²) in [4.78, 5) is 17.0. The first-order chi connectivity index (χ1) is 10.7. The number of carbonyl (C=O) groups excluding carboxylic acids is 1. The highest BCUT2D eigenvalue weighted by atomic mass is 16.1. The molecule has 1 aromatic heterocycles. The highest BCUT2D eigenvalue weighted by Crippen LogP contribution is 2.17. The Bertz CT molecular complexity index is 662. The predicted octanol–water partition coefficient (Wildman–Crippen LogP) is 2.66. The van der Waals surface area contributed by atoms with Gasteiger partial charge in [-0.25, -0.2) is 0 Å². The monoisotopic (exact) mass is 297 g/mol. The number of aromatic nitrogens is 1. The molecule has 0 aliphatic carbocycles. The summed E-state index contributed by atoms with van der Waals surface area (Å²) in [6.07, 6.45) is 3.54. The van der Waals surface area contributed by atoms with E-state index in [4.69, 9.17) is 0 Å². The van der Waals surface area contributed by atoms with Crippen molar-refractivity contribution in [1.82, 2.24) is 15.6 Å². The lowest BCUT2D eigenvalue weighted by molar-refractivity contribution is 0.0952. The van der Waals surface area contributed by atoms with Crippen LogP contribution in [0.15, 0.2) is 30.3 Å². The summed E-state index contributed by atoms with van der Waals surface area (Å²) in [6, 6.07) is 9.75. The van der Waals surface area contributed by atoms with Crippen molar-refractivity contribution < 1.29 is 4.79 Å². The molecule has 1 atom stereocenters. The van der Waals surface area contributed by atoms with Gasteiger partial charge < -0.3 is 10.6 Å². The number of piperidine rings is 1. The largest absolute Gasteiger partial charge is 0.352 e. The molecule has 3 rings (SSSR count). The van der Waals surface area contributed by atoms with Crippen LogP contribution in [-0.2, 0) is 0 Å². The summed E-state index contributed by atoms with van der Waals surface area (Å²) in [7, 11) is 0. The van der Waals surface area contributed by atoms with Crippen LogP contribution in [0.4, 0.5) is 0 Å². The van der Waals surface area contributed by atoms with E-state index < -0.39 is 0 Å². The molecule has 116 valence electrons. The molecule has 4 heteroatoms. The van der Waals surface area contributed by atoms with Crippen LogP contribution >= 0.6 is 0 Å². The van der Waals surface area contributed by atoms with Gasteiger partial charge in [-0.3, -0.25) is 9.78 Å². The number of pyridine rings is 1. The molecule has 1 amide bonds. The third kappa shape index (κ3) is 3.45. The molecule has 2 heterocycles. The van der Waals surface area contributed by atoms with Gasteiger partial charge in [-0.2, -0.15) is 0 Å². The van der Waals surface area contributed by atoms with Crippen molar-refractivity contribution in [2.24, 2.45) is 5.92 Å². The van der Waals surface area contributed by atoms with Crippen molar-refractivity contribution in [3.8, 4) is 0 Å². The van der Waals surface area contributed by atoms with E-state index in [-0.39, 0.29) is 5.91 Å². The minimum Gasteiger partial charge on any atom is -0.352 e. The number of hydrogen-bond donors (Lipinski definition) is 2. The molecule has 1 aliphatic rings. The van der Waals surface area contributed by atoms with E-state index >= 15 is 0 Å². The molecule has 0 bridgehead atoms. The van der Waals surface area contributed by atoms with Gasteiger partial charge in [0.15, 0.2) is 0 Å². The van der Waals surface area contributed by atoms with Gasteiger partial charge in [0.05, 0.1) is 11.1 Å². The van der Waals surface area contributed by atoms with Crippen molar-refractivity contribution in [3.05, 3.63) is 41.6 Å². The standard InChI is InChI=1S/C18H23N3O/c1-13-7-8-15-5-2-6-16(17(15)21-13)18(22)20-11-9-14-4-3-10-19-12-14/h2,5-8,14,19H,3-4,9-12H2,1H3,(H,20,22). The second-order valence-electron chi connectivity index (χ2n) is 6.09. The van der Waals surface area contributed by atoms with E-state index in [9.17, 15) is 4.79 Å². The lowest BCUT2D eigenvalue weighted by atomic mass is 9.96. The predicted molar refractivity (Wildman–Crippen MR) is 89.0 cm³/mol. The molecule has 0 radical (unpaired) electrons. The zero-order chi connectivity index (χ0) is 15.4. The van der Waals surface area contributed by atoms with E-state index in [2.05, 4.69) is 15.6 Å². The topological polar surface area (TPSA) is 54.0 Å². The van der Waals surface area contributed by atoms with Gasteiger partial charge in [-0.1, -0.05) is 18.2 Å². The van der Waals surface area contributed by atoms with Crippen LogP contribution in [0.3, 0.4) is 0 Å². The third-order valence-electron chi connectivity index (χ3n) is 4.34. The summed E-state index contributed by atoms with van der Waals surface area (Å²) in [5.74, 6) is 0.661. The molecule has 1 aromatic carbocycles. The molecule has 1 fully saturated rings. The van der Waals surface area contributed by atoms with Crippen LogP contribution in [0.2, 0.25) is 0 Å². The quantitative estimate of drug-likeness (QED) is 0.912. The third-order valence-corrected chi connectivity index (χ3v) is 4.34. The Morgan fingerprint density at radius 3 is 3.09 bits per heavy atom. The molecular formula is C18H23N3O. The van der Waals surface area contributed by atoms with Crippen LogP contribution in [0.1, 0.15) is 35.3 Å². The number of rotatable bonds is 4. The maximum Gasteiger partial charge on any atom is 0.253 e. The summed E-state index contributed by atoms with van der Waals surface area (Å²) in [5.41, 5.74) is 2.39. The molecule has 4 nitrogen and oxygen atoms in total. The van der Waals surface area contributed by atoms with Crippen molar-refractivity contribution in [3.63, 3.8) is 0 Å². The van der Waals surface area contributed by atoms with Gasteiger partial charge >= 0.3 is 0 Å². The van der Waals surface area contributed by atoms with Crippen LogP contribution in [0.5, 0.6) is 0 Å². The Morgan fingerprint density at radius 2 is 2.27 bits per heavy atom. The zero-order valence-electron chi connectivity index (χ0n) is 13.1. The van der Waals surface area contributed by atoms with Crippen molar-refractivity contribution in [2.75, 3.05) is 19.6 Å². The number of fused-ring (bicyclic) bond motifs is 1. The van der Waals surface area contributed by atoms with Gasteiger partial charge in [-0.15, -0.1) is 0 Å². The molecule has 0 spiro atoms. The number of carbonyl (C=O) groups is 1. The number of hydrogen-bond acceptors (Lipinski definition) is 3. The van der Waals surface area contributed by atoms with Gasteiger partial charge in [0.25, 0.3) is 5.91 Å². The molecule has 1 aliphatic heterocycles. The summed E-state index contributed by atoms with van der Waals surface area (Å²) in [6.45, 7) is 4.88. The lowest BCUT2D eigenvalue weighted by Gasteiger charge is -2.22. The smallest absolute Gasteiger partial charge is 0.253 e. The first-order valence-electron chi connectivity index (χ1n) is 8.09. The Labute approximate surface area is 131 Å². The van der Waals surface area contributed by atoms with E-state index in [0.717, 1.165) is 42.7 Å². The Kier molecular flexibility index (Phi) is 4.68. The second kappa shape index (κ2) is 6.88. The normalized spacial score (nSPS) is 18.3. The molecule has 22 heavy (non-hydrogen) atoms. The molecule has 2 aromatic rings. The van der Waals surface area contributed by atoms with Gasteiger partial charge in [0, 0.05) is 17.6 Å². The van der Waals surface area contributed by atoms with E-state index in [1.807, 2.05) is 37.3 Å². The average molecular weight is 297 g/mol. The van der Waals surface area contributed by atoms with Crippen molar-refractivity contribution in [2.45, 2.75) is 26.2 Å². The van der Waals surface area contributed by atoms with Crippen molar-refractivity contribution in [1.29, 1.82) is 0 Å². The minimum absolute atomic E-state index is 0.0209. The molecule has 2 N–H and O–H groups in total. The van der Waals surface area contributed by atoms with Crippen LogP contribution in [0.25, 0.3) is 10.9 Å².